The van der Waals surface area contributed by atoms with E-state index in [1.165, 1.54) is 0 Å². The fourth-order valence-corrected chi connectivity index (χ4v) is 0.688. The van der Waals surface area contributed by atoms with Crippen LogP contribution in [0.15, 0.2) is 24.2 Å². The third-order valence-corrected chi connectivity index (χ3v) is 1.25. The van der Waals surface area contributed by atoms with E-state index in [9.17, 15) is 0 Å². The number of rotatable bonds is 1. The van der Waals surface area contributed by atoms with Crippen molar-refractivity contribution in [3.8, 4) is 0 Å². The number of hydrogen-bond acceptors (Lipinski definition) is 0. The average Bonchev–Trinajstić information content (AvgIpc) is 2.09. The minimum Gasteiger partial charge on any atom is -0.0617 e. The van der Waals surface area contributed by atoms with Gasteiger partial charge in [0.15, 0.2) is 0 Å². The Morgan fingerprint density at radius 2 is 2.20 bits per heavy atom. The van der Waals surface area contributed by atoms with Gasteiger partial charge < -0.3 is 0 Å². The molecule has 0 spiro atoms. The maximum absolute atomic E-state index is 7.83. The van der Waals surface area contributed by atoms with Gasteiger partial charge in [-0.05, 0) is 18.4 Å². The summed E-state index contributed by atoms with van der Waals surface area (Å²) in [6, 6.07) is -0.409. The van der Waals surface area contributed by atoms with E-state index in [2.05, 4.69) is 0 Å². The van der Waals surface area contributed by atoms with Crippen molar-refractivity contribution in [3.05, 3.63) is 35.3 Å². The van der Waals surface area contributed by atoms with E-state index in [4.69, 9.17) is 6.85 Å². The summed E-state index contributed by atoms with van der Waals surface area (Å²) in [4.78, 5) is 0. The van der Waals surface area contributed by atoms with Crippen molar-refractivity contribution in [2.24, 2.45) is 0 Å². The molecule has 54 valence electrons. The Hall–Kier alpha value is -0.780. The van der Waals surface area contributed by atoms with Gasteiger partial charge in [0.1, 0.15) is 0 Å². The first kappa shape index (κ1) is 3.08. The quantitative estimate of drug-likeness (QED) is 0.560. The van der Waals surface area contributed by atoms with Crippen LogP contribution in [0.3, 0.4) is 0 Å². The van der Waals surface area contributed by atoms with Gasteiger partial charge in [0.2, 0.25) is 0 Å². The Labute approximate surface area is 69.9 Å². The van der Waals surface area contributed by atoms with E-state index < -0.39 is 5.89 Å². The van der Waals surface area contributed by atoms with E-state index in [-0.39, 0.29) is 29.7 Å². The van der Waals surface area contributed by atoms with Gasteiger partial charge in [0.05, 0.1) is 5.48 Å². The highest BCUT2D eigenvalue weighted by molar-refractivity contribution is 5.24. The first-order chi connectivity index (χ1) is 6.68. The SMILES string of the molecule is [2H]c1c([2H])c(C)c([2H])c(C([2H])(C)C)c1[2H]. The van der Waals surface area contributed by atoms with Gasteiger partial charge >= 0.3 is 0 Å². The van der Waals surface area contributed by atoms with Crippen LogP contribution < -0.4 is 0 Å². The van der Waals surface area contributed by atoms with Crippen LogP contribution in [0.1, 0.15) is 37.7 Å². The largest absolute Gasteiger partial charge is 0.0629 e. The molecular weight excluding hydrogens is 120 g/mol. The monoisotopic (exact) mass is 139 g/mol. The van der Waals surface area contributed by atoms with Crippen LogP contribution in [0, 0.1) is 6.92 Å². The van der Waals surface area contributed by atoms with Gasteiger partial charge in [-0.1, -0.05) is 43.6 Å². The smallest absolute Gasteiger partial charge is 0.0617 e. The lowest BCUT2D eigenvalue weighted by Crippen LogP contribution is -1.86. The van der Waals surface area contributed by atoms with Crippen molar-refractivity contribution in [2.75, 3.05) is 0 Å². The fraction of sp³-hybridized carbons (Fsp3) is 0.400. The Morgan fingerprint density at radius 3 is 2.80 bits per heavy atom. The summed E-state index contributed by atoms with van der Waals surface area (Å²) in [5.41, 5.74) is 0.590. The predicted molar refractivity (Wildman–Crippen MR) is 45.3 cm³/mol. The first-order valence-corrected chi connectivity index (χ1v) is 3.25. The van der Waals surface area contributed by atoms with Crippen LogP contribution in [-0.2, 0) is 0 Å². The van der Waals surface area contributed by atoms with E-state index in [0.29, 0.717) is 5.56 Å². The van der Waals surface area contributed by atoms with E-state index in [0.717, 1.165) is 0 Å². The third kappa shape index (κ3) is 1.60. The molecule has 0 N–H and O–H groups in total. The molecular formula is C10H14. The molecule has 0 saturated heterocycles. The predicted octanol–water partition coefficient (Wildman–Crippen LogP) is 3.12. The highest BCUT2D eigenvalue weighted by Crippen LogP contribution is 2.14. The molecule has 0 unspecified atom stereocenters. The van der Waals surface area contributed by atoms with Crippen LogP contribution >= 0.6 is 0 Å². The maximum atomic E-state index is 7.83. The molecule has 0 aromatic heterocycles. The normalized spacial score (nSPS) is 18.5. The lowest BCUT2D eigenvalue weighted by Gasteiger charge is -2.04. The Kier molecular flexibility index (Phi) is 0.884. The minimum absolute atomic E-state index is 0.0426. The first-order valence-electron chi connectivity index (χ1n) is 5.75. The molecule has 0 radical (unpaired) electrons. The van der Waals surface area contributed by atoms with Gasteiger partial charge in [-0.25, -0.2) is 0 Å². The van der Waals surface area contributed by atoms with Crippen LogP contribution in [0.5, 0.6) is 0 Å². The summed E-state index contributed by atoms with van der Waals surface area (Å²) in [6.45, 7) is 4.75. The molecule has 0 nitrogen and oxygen atoms in total. The lowest BCUT2D eigenvalue weighted by atomic mass is 10.0. The van der Waals surface area contributed by atoms with Crippen molar-refractivity contribution in [1.29, 1.82) is 0 Å². The topological polar surface area (TPSA) is 0 Å². The highest BCUT2D eigenvalue weighted by Gasteiger charge is 1.96. The molecule has 1 rings (SSSR count). The summed E-state index contributed by atoms with van der Waals surface area (Å²) in [7, 11) is 0. The Morgan fingerprint density at radius 1 is 1.50 bits per heavy atom. The molecule has 0 atom stereocenters. The maximum Gasteiger partial charge on any atom is 0.0629 e. The summed E-state index contributed by atoms with van der Waals surface area (Å²) in [6.07, 6.45) is 0. The molecule has 0 aliphatic heterocycles. The van der Waals surface area contributed by atoms with Crippen molar-refractivity contribution < 1.29 is 6.85 Å². The zero-order valence-electron chi connectivity index (χ0n) is 11.5. The van der Waals surface area contributed by atoms with Crippen LogP contribution in [0.4, 0.5) is 0 Å². The van der Waals surface area contributed by atoms with Gasteiger partial charge in [-0.2, -0.15) is 0 Å². The molecule has 0 aliphatic carbocycles. The van der Waals surface area contributed by atoms with Crippen molar-refractivity contribution in [3.63, 3.8) is 0 Å². The van der Waals surface area contributed by atoms with E-state index in [1.807, 2.05) is 0 Å². The molecule has 1 aromatic carbocycles. The Balaban J connectivity index is 3.68. The number of hydrogen-bond donors (Lipinski definition) is 0. The molecule has 1 aromatic rings. The van der Waals surface area contributed by atoms with Crippen molar-refractivity contribution in [1.82, 2.24) is 0 Å². The van der Waals surface area contributed by atoms with Crippen LogP contribution in [0.2, 0.25) is 0 Å². The molecule has 0 fully saturated rings. The molecule has 0 amide bonds. The average molecular weight is 139 g/mol. The summed E-state index contributed by atoms with van der Waals surface area (Å²) in [5, 5.41) is 0. The fourth-order valence-electron chi connectivity index (χ4n) is 0.688. The number of benzene rings is 1. The van der Waals surface area contributed by atoms with Gasteiger partial charge in [-0.15, -0.1) is 0 Å². The minimum atomic E-state index is -1.08. The van der Waals surface area contributed by atoms with Gasteiger partial charge in [0.25, 0.3) is 0 Å². The third-order valence-electron chi connectivity index (χ3n) is 1.25. The van der Waals surface area contributed by atoms with E-state index >= 15 is 0 Å². The molecule has 10 heavy (non-hydrogen) atoms. The standard InChI is InChI=1S/C10H14/c1-8(2)10-6-4-5-9(3)7-10/h4-8H,1-3H3/i4D,5D,6D,7D,8D. The van der Waals surface area contributed by atoms with Gasteiger partial charge in [-0.3, -0.25) is 0 Å². The summed E-state index contributed by atoms with van der Waals surface area (Å²) in [5.74, 6) is -1.08. The highest BCUT2D eigenvalue weighted by atomic mass is 14.0. The second kappa shape index (κ2) is 2.87. The molecule has 0 bridgehead atoms. The van der Waals surface area contributed by atoms with E-state index in [1.54, 1.807) is 20.8 Å². The molecule has 0 heteroatoms. The summed E-state index contributed by atoms with van der Waals surface area (Å²) < 4.78 is 38.4. The molecule has 0 heterocycles. The Bertz CT molecular complexity index is 374. The second-order valence-electron chi connectivity index (χ2n) is 2.50. The molecule has 0 aliphatic rings. The molecule has 0 saturated carbocycles. The van der Waals surface area contributed by atoms with Crippen molar-refractivity contribution in [2.45, 2.75) is 26.7 Å². The van der Waals surface area contributed by atoms with Crippen LogP contribution in [-0.4, -0.2) is 0 Å². The zero-order chi connectivity index (χ0) is 12.0. The van der Waals surface area contributed by atoms with Crippen LogP contribution in [0.25, 0.3) is 0 Å². The second-order valence-corrected chi connectivity index (χ2v) is 2.50. The van der Waals surface area contributed by atoms with Gasteiger partial charge in [0, 0.05) is 1.37 Å². The lowest BCUT2D eigenvalue weighted by molar-refractivity contribution is 0.865. The zero-order valence-corrected chi connectivity index (χ0v) is 6.50. The summed E-state index contributed by atoms with van der Waals surface area (Å²) >= 11 is 0. The van der Waals surface area contributed by atoms with Crippen molar-refractivity contribution >= 4 is 0 Å².